The molecule has 88 valence electrons. The molecular formula is C11H8F2N2OS. The van der Waals surface area contributed by atoms with Crippen LogP contribution < -0.4 is 4.90 Å². The van der Waals surface area contributed by atoms with Gasteiger partial charge in [-0.2, -0.15) is 17.9 Å². The lowest BCUT2D eigenvalue weighted by molar-refractivity contribution is -0.117. The summed E-state index contributed by atoms with van der Waals surface area (Å²) in [4.78, 5) is 12.7. The Morgan fingerprint density at radius 1 is 1.41 bits per heavy atom. The molecule has 1 saturated heterocycles. The molecule has 0 N–H and O–H groups in total. The first kappa shape index (κ1) is 11.9. The van der Waals surface area contributed by atoms with Crippen LogP contribution in [0.1, 0.15) is 12.0 Å². The van der Waals surface area contributed by atoms with Crippen LogP contribution in [0.3, 0.4) is 0 Å². The van der Waals surface area contributed by atoms with Gasteiger partial charge in [0, 0.05) is 24.3 Å². The molecule has 1 unspecified atom stereocenters. The summed E-state index contributed by atoms with van der Waals surface area (Å²) in [6.07, 6.45) is 0.199. The van der Waals surface area contributed by atoms with Crippen molar-refractivity contribution in [2.45, 2.75) is 11.7 Å². The lowest BCUT2D eigenvalue weighted by atomic mass is 10.2. The highest BCUT2D eigenvalue weighted by Gasteiger charge is 2.30. The largest absolute Gasteiger partial charge is 0.308 e. The molecule has 0 aromatic heterocycles. The number of carbonyl (C=O) groups is 1. The molecule has 1 aliphatic rings. The van der Waals surface area contributed by atoms with Crippen LogP contribution in [0.5, 0.6) is 0 Å². The molecule has 3 nitrogen and oxygen atoms in total. The van der Waals surface area contributed by atoms with Crippen LogP contribution in [0.15, 0.2) is 12.1 Å². The smallest absolute Gasteiger partial charge is 0.228 e. The Balaban J connectivity index is 2.44. The van der Waals surface area contributed by atoms with Crippen molar-refractivity contribution in [2.75, 3.05) is 11.4 Å². The highest BCUT2D eigenvalue weighted by Crippen LogP contribution is 2.28. The molecule has 1 heterocycles. The van der Waals surface area contributed by atoms with E-state index >= 15 is 0 Å². The second-order valence-corrected chi connectivity index (χ2v) is 4.49. The van der Waals surface area contributed by atoms with Crippen LogP contribution in [-0.2, 0) is 4.79 Å². The Hall–Kier alpha value is -1.61. The molecule has 1 amide bonds. The summed E-state index contributed by atoms with van der Waals surface area (Å²) in [5, 5.41) is 8.36. The Kier molecular flexibility index (Phi) is 3.03. The topological polar surface area (TPSA) is 44.1 Å². The predicted molar refractivity (Wildman–Crippen MR) is 60.8 cm³/mol. The van der Waals surface area contributed by atoms with E-state index in [-0.39, 0.29) is 35.4 Å². The Morgan fingerprint density at radius 3 is 2.65 bits per heavy atom. The van der Waals surface area contributed by atoms with Crippen LogP contribution >= 0.6 is 12.6 Å². The Labute approximate surface area is 102 Å². The standard InChI is InChI=1S/C11H8F2N2OS/c12-8-3-10(9(13)1-6(8)4-14)15-5-7(17)2-11(15)16/h1,3,7,17H,2,5H2. The molecule has 1 aromatic carbocycles. The number of carbonyl (C=O) groups excluding carboxylic acids is 1. The van der Waals surface area contributed by atoms with Crippen molar-refractivity contribution in [2.24, 2.45) is 0 Å². The van der Waals surface area contributed by atoms with E-state index in [2.05, 4.69) is 12.6 Å². The van der Waals surface area contributed by atoms with Crippen molar-refractivity contribution in [3.63, 3.8) is 0 Å². The molecule has 2 rings (SSSR count). The van der Waals surface area contributed by atoms with Crippen molar-refractivity contribution >= 4 is 24.2 Å². The van der Waals surface area contributed by atoms with Gasteiger partial charge >= 0.3 is 0 Å². The van der Waals surface area contributed by atoms with Crippen molar-refractivity contribution in [1.29, 1.82) is 5.26 Å². The van der Waals surface area contributed by atoms with Gasteiger partial charge in [-0.25, -0.2) is 8.78 Å². The number of hydrogen-bond acceptors (Lipinski definition) is 3. The van der Waals surface area contributed by atoms with E-state index in [1.54, 1.807) is 6.07 Å². The average molecular weight is 254 g/mol. The van der Waals surface area contributed by atoms with E-state index in [1.165, 1.54) is 0 Å². The minimum Gasteiger partial charge on any atom is -0.308 e. The van der Waals surface area contributed by atoms with Crippen LogP contribution in [0, 0.1) is 23.0 Å². The summed E-state index contributed by atoms with van der Waals surface area (Å²) in [6.45, 7) is 0.240. The predicted octanol–water partition coefficient (Wildman–Crippen LogP) is 1.87. The zero-order valence-corrected chi connectivity index (χ0v) is 9.55. The van der Waals surface area contributed by atoms with Crippen molar-refractivity contribution in [3.8, 4) is 6.07 Å². The van der Waals surface area contributed by atoms with Gasteiger partial charge < -0.3 is 4.90 Å². The first-order valence-electron chi connectivity index (χ1n) is 4.90. The number of hydrogen-bond donors (Lipinski definition) is 1. The van der Waals surface area contributed by atoms with Gasteiger partial charge in [0.25, 0.3) is 0 Å². The minimum atomic E-state index is -0.834. The monoisotopic (exact) mass is 254 g/mol. The minimum absolute atomic E-state index is 0.136. The summed E-state index contributed by atoms with van der Waals surface area (Å²) >= 11 is 4.13. The molecule has 1 aromatic rings. The highest BCUT2D eigenvalue weighted by atomic mass is 32.1. The third-order valence-corrected chi connectivity index (χ3v) is 2.90. The van der Waals surface area contributed by atoms with Gasteiger partial charge in [-0.3, -0.25) is 4.79 Å². The number of benzene rings is 1. The van der Waals surface area contributed by atoms with Gasteiger partial charge in [-0.15, -0.1) is 0 Å². The number of anilines is 1. The molecule has 17 heavy (non-hydrogen) atoms. The second kappa shape index (κ2) is 4.34. The molecule has 6 heteroatoms. The maximum atomic E-state index is 13.6. The lowest BCUT2D eigenvalue weighted by Crippen LogP contribution is -2.25. The Morgan fingerprint density at radius 2 is 2.12 bits per heavy atom. The zero-order valence-electron chi connectivity index (χ0n) is 8.65. The summed E-state index contributed by atoms with van der Waals surface area (Å²) in [6, 6.07) is 3.21. The molecule has 1 atom stereocenters. The quantitative estimate of drug-likeness (QED) is 0.777. The van der Waals surface area contributed by atoms with E-state index < -0.39 is 11.6 Å². The van der Waals surface area contributed by atoms with E-state index in [9.17, 15) is 13.6 Å². The number of thiol groups is 1. The molecule has 1 aliphatic heterocycles. The number of rotatable bonds is 1. The number of nitrogens with zero attached hydrogens (tertiary/aromatic N) is 2. The van der Waals surface area contributed by atoms with Crippen molar-refractivity contribution in [3.05, 3.63) is 29.3 Å². The fourth-order valence-corrected chi connectivity index (χ4v) is 2.07. The third-order valence-electron chi connectivity index (χ3n) is 2.55. The molecule has 0 bridgehead atoms. The summed E-state index contributed by atoms with van der Waals surface area (Å²) < 4.78 is 27.0. The summed E-state index contributed by atoms with van der Waals surface area (Å²) in [5.41, 5.74) is -0.511. The number of amides is 1. The van der Waals surface area contributed by atoms with E-state index in [4.69, 9.17) is 5.26 Å². The fraction of sp³-hybridized carbons (Fsp3) is 0.273. The maximum absolute atomic E-state index is 13.6. The summed E-state index contributed by atoms with van der Waals surface area (Å²) in [5.74, 6) is -1.91. The van der Waals surface area contributed by atoms with Gasteiger partial charge in [0.15, 0.2) is 0 Å². The second-order valence-electron chi connectivity index (χ2n) is 3.76. The van der Waals surface area contributed by atoms with Crippen LogP contribution in [0.2, 0.25) is 0 Å². The molecular weight excluding hydrogens is 246 g/mol. The van der Waals surface area contributed by atoms with Crippen LogP contribution in [-0.4, -0.2) is 17.7 Å². The fourth-order valence-electron chi connectivity index (χ4n) is 1.75. The Bertz CT molecular complexity index is 527. The average Bonchev–Trinajstić information content (AvgIpc) is 2.60. The van der Waals surface area contributed by atoms with Crippen molar-refractivity contribution < 1.29 is 13.6 Å². The number of halogens is 2. The van der Waals surface area contributed by atoms with Crippen LogP contribution in [0.25, 0.3) is 0 Å². The first-order valence-corrected chi connectivity index (χ1v) is 5.42. The SMILES string of the molecule is N#Cc1cc(F)c(N2CC(S)CC2=O)cc1F. The van der Waals surface area contributed by atoms with E-state index in [1.807, 2.05) is 0 Å². The van der Waals surface area contributed by atoms with Gasteiger partial charge in [0.2, 0.25) is 5.91 Å². The molecule has 0 saturated carbocycles. The normalized spacial score (nSPS) is 19.5. The van der Waals surface area contributed by atoms with E-state index in [0.717, 1.165) is 17.0 Å². The molecule has 1 fully saturated rings. The highest BCUT2D eigenvalue weighted by molar-refractivity contribution is 7.81. The zero-order chi connectivity index (χ0) is 12.6. The van der Waals surface area contributed by atoms with Gasteiger partial charge in [0.05, 0.1) is 11.3 Å². The van der Waals surface area contributed by atoms with Crippen molar-refractivity contribution in [1.82, 2.24) is 0 Å². The maximum Gasteiger partial charge on any atom is 0.228 e. The number of nitriles is 1. The summed E-state index contributed by atoms with van der Waals surface area (Å²) in [7, 11) is 0. The van der Waals surface area contributed by atoms with Gasteiger partial charge in [0.1, 0.15) is 17.7 Å². The van der Waals surface area contributed by atoms with Gasteiger partial charge in [-0.05, 0) is 6.07 Å². The van der Waals surface area contributed by atoms with Crippen LogP contribution in [0.4, 0.5) is 14.5 Å². The lowest BCUT2D eigenvalue weighted by Gasteiger charge is -2.17. The van der Waals surface area contributed by atoms with Gasteiger partial charge in [-0.1, -0.05) is 0 Å². The molecule has 0 radical (unpaired) electrons. The van der Waals surface area contributed by atoms with E-state index in [0.29, 0.717) is 0 Å². The first-order chi connectivity index (χ1) is 8.02. The molecule has 0 aliphatic carbocycles. The third kappa shape index (κ3) is 2.11. The molecule has 0 spiro atoms.